The third kappa shape index (κ3) is 2.09. The molecule has 0 saturated carbocycles. The number of nitrogens with zero attached hydrogens (tertiary/aromatic N) is 1. The second kappa shape index (κ2) is 4.14. The van der Waals surface area contributed by atoms with Crippen LogP contribution >= 0.6 is 11.3 Å². The molecule has 2 aromatic rings. The average molecular weight is 224 g/mol. The summed E-state index contributed by atoms with van der Waals surface area (Å²) in [5.41, 5.74) is 5.95. The first-order valence-electron chi connectivity index (χ1n) is 4.61. The number of aliphatic hydroxyl groups is 1. The maximum Gasteiger partial charge on any atom is 0.162 e. The molecule has 0 aromatic carbocycles. The molecule has 2 heterocycles. The normalized spacial score (nSPS) is 13.0. The van der Waals surface area contributed by atoms with E-state index in [2.05, 4.69) is 4.98 Å². The van der Waals surface area contributed by atoms with Crippen molar-refractivity contribution < 1.29 is 9.52 Å². The highest BCUT2D eigenvalue weighted by molar-refractivity contribution is 7.13. The van der Waals surface area contributed by atoms with Crippen LogP contribution in [0.1, 0.15) is 17.6 Å². The van der Waals surface area contributed by atoms with Crippen molar-refractivity contribution >= 4 is 11.3 Å². The van der Waals surface area contributed by atoms with Crippen molar-refractivity contribution in [2.45, 2.75) is 13.0 Å². The van der Waals surface area contributed by atoms with E-state index in [0.717, 1.165) is 16.5 Å². The lowest BCUT2D eigenvalue weighted by Crippen LogP contribution is -2.11. The van der Waals surface area contributed by atoms with E-state index in [-0.39, 0.29) is 6.54 Å². The summed E-state index contributed by atoms with van der Waals surface area (Å²) >= 11 is 1.44. The van der Waals surface area contributed by atoms with Gasteiger partial charge in [-0.1, -0.05) is 0 Å². The van der Waals surface area contributed by atoms with Crippen molar-refractivity contribution in [3.05, 3.63) is 29.0 Å². The highest BCUT2D eigenvalue weighted by atomic mass is 32.1. The van der Waals surface area contributed by atoms with Crippen molar-refractivity contribution in [2.75, 3.05) is 6.54 Å². The van der Waals surface area contributed by atoms with E-state index >= 15 is 0 Å². The zero-order valence-corrected chi connectivity index (χ0v) is 9.12. The Labute approximate surface area is 91.4 Å². The summed E-state index contributed by atoms with van der Waals surface area (Å²) in [6, 6.07) is 3.75. The van der Waals surface area contributed by atoms with E-state index in [9.17, 15) is 5.11 Å². The number of hydrogen-bond acceptors (Lipinski definition) is 5. The SMILES string of the molecule is Cc1ccc(-c2nc(C(O)CN)cs2)o1. The Kier molecular flexibility index (Phi) is 2.86. The molecule has 2 aromatic heterocycles. The van der Waals surface area contributed by atoms with Crippen LogP contribution in [0.5, 0.6) is 0 Å². The molecule has 0 spiro atoms. The molecular weight excluding hydrogens is 212 g/mol. The van der Waals surface area contributed by atoms with Crippen LogP contribution in [0.25, 0.3) is 10.8 Å². The summed E-state index contributed by atoms with van der Waals surface area (Å²) in [5.74, 6) is 1.58. The van der Waals surface area contributed by atoms with Crippen LogP contribution in [0.15, 0.2) is 21.9 Å². The van der Waals surface area contributed by atoms with Gasteiger partial charge < -0.3 is 15.3 Å². The smallest absolute Gasteiger partial charge is 0.162 e. The first-order chi connectivity index (χ1) is 7.20. The number of rotatable bonds is 3. The molecule has 15 heavy (non-hydrogen) atoms. The van der Waals surface area contributed by atoms with E-state index < -0.39 is 6.10 Å². The van der Waals surface area contributed by atoms with Crippen LogP contribution in [0.2, 0.25) is 0 Å². The fourth-order valence-electron chi connectivity index (χ4n) is 1.22. The van der Waals surface area contributed by atoms with Crippen LogP contribution in [-0.2, 0) is 0 Å². The number of aryl methyl sites for hydroxylation is 1. The maximum atomic E-state index is 9.48. The van der Waals surface area contributed by atoms with E-state index in [1.54, 1.807) is 5.38 Å². The van der Waals surface area contributed by atoms with Crippen LogP contribution in [0.4, 0.5) is 0 Å². The second-order valence-corrected chi connectivity index (χ2v) is 4.10. The van der Waals surface area contributed by atoms with Crippen molar-refractivity contribution in [1.29, 1.82) is 0 Å². The monoisotopic (exact) mass is 224 g/mol. The molecule has 0 aliphatic carbocycles. The molecule has 0 bridgehead atoms. The third-order valence-corrected chi connectivity index (χ3v) is 2.91. The van der Waals surface area contributed by atoms with E-state index in [1.807, 2.05) is 19.1 Å². The van der Waals surface area contributed by atoms with Crippen LogP contribution in [0, 0.1) is 6.92 Å². The van der Waals surface area contributed by atoms with Gasteiger partial charge in [0.05, 0.1) is 5.69 Å². The van der Waals surface area contributed by atoms with Gasteiger partial charge in [-0.05, 0) is 19.1 Å². The van der Waals surface area contributed by atoms with Gasteiger partial charge in [-0.3, -0.25) is 0 Å². The Morgan fingerprint density at radius 1 is 1.60 bits per heavy atom. The first kappa shape index (κ1) is 10.4. The zero-order chi connectivity index (χ0) is 10.8. The van der Waals surface area contributed by atoms with Gasteiger partial charge in [-0.25, -0.2) is 4.98 Å². The van der Waals surface area contributed by atoms with Gasteiger partial charge in [-0.15, -0.1) is 11.3 Å². The van der Waals surface area contributed by atoms with Gasteiger partial charge in [-0.2, -0.15) is 0 Å². The number of hydrogen-bond donors (Lipinski definition) is 2. The Hall–Kier alpha value is -1.17. The van der Waals surface area contributed by atoms with Crippen molar-refractivity contribution in [3.8, 4) is 10.8 Å². The Morgan fingerprint density at radius 2 is 2.40 bits per heavy atom. The lowest BCUT2D eigenvalue weighted by molar-refractivity contribution is 0.182. The molecule has 0 radical (unpaired) electrons. The highest BCUT2D eigenvalue weighted by Gasteiger charge is 2.12. The number of aromatic nitrogens is 1. The zero-order valence-electron chi connectivity index (χ0n) is 8.30. The van der Waals surface area contributed by atoms with E-state index in [0.29, 0.717) is 5.69 Å². The molecule has 3 N–H and O–H groups in total. The van der Waals surface area contributed by atoms with E-state index in [1.165, 1.54) is 11.3 Å². The molecule has 0 amide bonds. The highest BCUT2D eigenvalue weighted by Crippen LogP contribution is 2.27. The van der Waals surface area contributed by atoms with Gasteiger partial charge >= 0.3 is 0 Å². The third-order valence-electron chi connectivity index (χ3n) is 2.04. The lowest BCUT2D eigenvalue weighted by atomic mass is 10.3. The summed E-state index contributed by atoms with van der Waals surface area (Å²) in [5, 5.41) is 12.0. The fraction of sp³-hybridized carbons (Fsp3) is 0.300. The molecule has 80 valence electrons. The summed E-state index contributed by atoms with van der Waals surface area (Å²) in [7, 11) is 0. The molecule has 0 aliphatic heterocycles. The molecule has 0 fully saturated rings. The van der Waals surface area contributed by atoms with Gasteiger partial charge in [0.25, 0.3) is 0 Å². The molecule has 0 aliphatic rings. The average Bonchev–Trinajstić information content (AvgIpc) is 2.84. The van der Waals surface area contributed by atoms with Gasteiger partial charge in [0.15, 0.2) is 10.8 Å². The minimum absolute atomic E-state index is 0.181. The maximum absolute atomic E-state index is 9.48. The summed E-state index contributed by atoms with van der Waals surface area (Å²) < 4.78 is 5.43. The fourth-order valence-corrected chi connectivity index (χ4v) is 2.05. The van der Waals surface area contributed by atoms with Gasteiger partial charge in [0.1, 0.15) is 11.9 Å². The predicted octanol–water partition coefficient (Wildman–Crippen LogP) is 1.70. The van der Waals surface area contributed by atoms with E-state index in [4.69, 9.17) is 10.2 Å². The summed E-state index contributed by atoms with van der Waals surface area (Å²) in [6.45, 7) is 2.06. The van der Waals surface area contributed by atoms with Crippen molar-refractivity contribution in [3.63, 3.8) is 0 Å². The number of thiazole rings is 1. The number of furan rings is 1. The molecule has 1 unspecified atom stereocenters. The first-order valence-corrected chi connectivity index (χ1v) is 5.49. The molecule has 1 atom stereocenters. The molecule has 2 rings (SSSR count). The van der Waals surface area contributed by atoms with Crippen LogP contribution in [-0.4, -0.2) is 16.6 Å². The Balaban J connectivity index is 2.27. The Bertz CT molecular complexity index is 450. The molecule has 5 heteroatoms. The second-order valence-electron chi connectivity index (χ2n) is 3.24. The number of nitrogens with two attached hydrogens (primary N) is 1. The van der Waals surface area contributed by atoms with Crippen molar-refractivity contribution in [1.82, 2.24) is 4.98 Å². The number of aliphatic hydroxyl groups excluding tert-OH is 1. The van der Waals surface area contributed by atoms with Crippen molar-refractivity contribution in [2.24, 2.45) is 5.73 Å². The summed E-state index contributed by atoms with van der Waals surface area (Å²) in [6.07, 6.45) is -0.689. The quantitative estimate of drug-likeness (QED) is 0.832. The van der Waals surface area contributed by atoms with Crippen LogP contribution in [0.3, 0.4) is 0 Å². The molecular formula is C10H12N2O2S. The van der Waals surface area contributed by atoms with Crippen LogP contribution < -0.4 is 5.73 Å². The summed E-state index contributed by atoms with van der Waals surface area (Å²) in [4.78, 5) is 4.26. The largest absolute Gasteiger partial charge is 0.459 e. The Morgan fingerprint density at radius 3 is 3.00 bits per heavy atom. The minimum Gasteiger partial charge on any atom is -0.459 e. The topological polar surface area (TPSA) is 72.3 Å². The van der Waals surface area contributed by atoms with Gasteiger partial charge in [0.2, 0.25) is 0 Å². The van der Waals surface area contributed by atoms with Gasteiger partial charge in [0, 0.05) is 11.9 Å². The minimum atomic E-state index is -0.689. The lowest BCUT2D eigenvalue weighted by Gasteiger charge is -2.01. The predicted molar refractivity (Wildman–Crippen MR) is 58.6 cm³/mol. The standard InChI is InChI=1S/C10H12N2O2S/c1-6-2-3-9(14-6)10-12-7(5-15-10)8(13)4-11/h2-3,5,8,13H,4,11H2,1H3. The molecule has 4 nitrogen and oxygen atoms in total. The molecule has 0 saturated heterocycles.